The summed E-state index contributed by atoms with van der Waals surface area (Å²) in [4.78, 5) is 10.4. The van der Waals surface area contributed by atoms with Gasteiger partial charge < -0.3 is 5.11 Å². The van der Waals surface area contributed by atoms with Crippen LogP contribution in [0.5, 0.6) is 0 Å². The number of hydrogen-bond donors (Lipinski definition) is 1. The van der Waals surface area contributed by atoms with E-state index < -0.39 is 5.97 Å². The van der Waals surface area contributed by atoms with Crippen LogP contribution in [0.4, 0.5) is 0 Å². The lowest BCUT2D eigenvalue weighted by molar-refractivity contribution is -0.133. The van der Waals surface area contributed by atoms with Crippen molar-refractivity contribution in [1.29, 1.82) is 0 Å². The largest absolute Gasteiger partial charge is 0.478 e. The van der Waals surface area contributed by atoms with Crippen LogP contribution in [-0.2, 0) is 4.79 Å². The normalized spacial score (nSPS) is 30.9. The Morgan fingerprint density at radius 3 is 2.30 bits per heavy atom. The molecule has 0 aromatic rings. The van der Waals surface area contributed by atoms with Crippen molar-refractivity contribution < 1.29 is 9.90 Å². The third kappa shape index (κ3) is 1.06. The van der Waals surface area contributed by atoms with Gasteiger partial charge in [0.15, 0.2) is 0 Å². The fraction of sp³-hybridized carbons (Fsp3) is 0.625. The molecular weight excluding hydrogens is 128 g/mol. The standard InChI is InChI=1S/C8H12O2/c1-5-3-4-7(5)6(2)8(9)10/h5,7H,2-4H2,1H3,(H,9,10). The zero-order valence-corrected chi connectivity index (χ0v) is 6.13. The predicted molar refractivity (Wildman–Crippen MR) is 38.7 cm³/mol. The summed E-state index contributed by atoms with van der Waals surface area (Å²) in [7, 11) is 0. The zero-order chi connectivity index (χ0) is 7.72. The van der Waals surface area contributed by atoms with Crippen LogP contribution in [0.1, 0.15) is 19.8 Å². The molecule has 1 N–H and O–H groups in total. The molecule has 1 aliphatic carbocycles. The van der Waals surface area contributed by atoms with E-state index in [0.29, 0.717) is 11.5 Å². The lowest BCUT2D eigenvalue weighted by atomic mass is 9.71. The Labute approximate surface area is 60.6 Å². The molecule has 56 valence electrons. The van der Waals surface area contributed by atoms with Crippen molar-refractivity contribution in [3.8, 4) is 0 Å². The topological polar surface area (TPSA) is 37.3 Å². The molecule has 0 spiro atoms. The molecule has 2 unspecified atom stereocenters. The minimum absolute atomic E-state index is 0.248. The van der Waals surface area contributed by atoms with Crippen molar-refractivity contribution in [3.05, 3.63) is 12.2 Å². The molecule has 0 aromatic heterocycles. The minimum Gasteiger partial charge on any atom is -0.478 e. The summed E-state index contributed by atoms with van der Waals surface area (Å²) in [6.45, 7) is 5.60. The summed E-state index contributed by atoms with van der Waals surface area (Å²) < 4.78 is 0. The van der Waals surface area contributed by atoms with E-state index in [1.54, 1.807) is 0 Å². The molecule has 0 saturated heterocycles. The molecule has 10 heavy (non-hydrogen) atoms. The van der Waals surface area contributed by atoms with Crippen LogP contribution in [0.3, 0.4) is 0 Å². The highest BCUT2D eigenvalue weighted by molar-refractivity contribution is 5.86. The van der Waals surface area contributed by atoms with Gasteiger partial charge in [-0.1, -0.05) is 13.5 Å². The minimum atomic E-state index is -0.837. The summed E-state index contributed by atoms with van der Waals surface area (Å²) in [6.07, 6.45) is 2.16. The Hall–Kier alpha value is -0.790. The van der Waals surface area contributed by atoms with E-state index in [9.17, 15) is 4.79 Å². The van der Waals surface area contributed by atoms with Crippen molar-refractivity contribution in [2.75, 3.05) is 0 Å². The Morgan fingerprint density at radius 1 is 1.60 bits per heavy atom. The van der Waals surface area contributed by atoms with Crippen LogP contribution in [-0.4, -0.2) is 11.1 Å². The fourth-order valence-corrected chi connectivity index (χ4v) is 1.34. The van der Waals surface area contributed by atoms with Crippen molar-refractivity contribution in [1.82, 2.24) is 0 Å². The number of carboxylic acids is 1. The molecule has 0 heterocycles. The summed E-state index contributed by atoms with van der Waals surface area (Å²) >= 11 is 0. The molecule has 1 saturated carbocycles. The van der Waals surface area contributed by atoms with Crippen LogP contribution in [0.15, 0.2) is 12.2 Å². The quantitative estimate of drug-likeness (QED) is 0.592. The van der Waals surface area contributed by atoms with Gasteiger partial charge in [-0.3, -0.25) is 0 Å². The number of carboxylic acid groups (broad SMARTS) is 1. The first-order valence-corrected chi connectivity index (χ1v) is 3.55. The van der Waals surface area contributed by atoms with E-state index in [0.717, 1.165) is 12.8 Å². The van der Waals surface area contributed by atoms with Crippen molar-refractivity contribution in [3.63, 3.8) is 0 Å². The van der Waals surface area contributed by atoms with E-state index in [2.05, 4.69) is 13.5 Å². The average Bonchev–Trinajstić information content (AvgIpc) is 1.84. The summed E-state index contributed by atoms with van der Waals surface area (Å²) in [5, 5.41) is 8.54. The Morgan fingerprint density at radius 2 is 2.20 bits per heavy atom. The number of rotatable bonds is 2. The van der Waals surface area contributed by atoms with Crippen molar-refractivity contribution in [2.45, 2.75) is 19.8 Å². The van der Waals surface area contributed by atoms with Crippen LogP contribution in [0, 0.1) is 11.8 Å². The van der Waals surface area contributed by atoms with Gasteiger partial charge in [-0.2, -0.15) is 0 Å². The Bertz CT molecular complexity index is 172. The maximum absolute atomic E-state index is 10.4. The maximum atomic E-state index is 10.4. The highest BCUT2D eigenvalue weighted by Gasteiger charge is 2.31. The Balaban J connectivity index is 2.50. The Kier molecular flexibility index (Phi) is 1.79. The van der Waals surface area contributed by atoms with E-state index in [1.165, 1.54) is 0 Å². The monoisotopic (exact) mass is 140 g/mol. The third-order valence-corrected chi connectivity index (χ3v) is 2.34. The van der Waals surface area contributed by atoms with Gasteiger partial charge in [0, 0.05) is 5.57 Å². The van der Waals surface area contributed by atoms with Gasteiger partial charge in [0.25, 0.3) is 0 Å². The van der Waals surface area contributed by atoms with Crippen molar-refractivity contribution in [2.24, 2.45) is 11.8 Å². The van der Waals surface area contributed by atoms with Gasteiger partial charge in [-0.25, -0.2) is 4.79 Å². The average molecular weight is 140 g/mol. The van der Waals surface area contributed by atoms with E-state index in [1.807, 2.05) is 0 Å². The number of hydrogen-bond acceptors (Lipinski definition) is 1. The second kappa shape index (κ2) is 2.45. The van der Waals surface area contributed by atoms with E-state index in [-0.39, 0.29) is 5.92 Å². The van der Waals surface area contributed by atoms with Crippen LogP contribution in [0.2, 0.25) is 0 Å². The summed E-state index contributed by atoms with van der Waals surface area (Å²) in [5.74, 6) is -0.0577. The van der Waals surface area contributed by atoms with Crippen LogP contribution < -0.4 is 0 Å². The molecule has 1 aliphatic rings. The molecule has 0 aromatic carbocycles. The molecule has 0 aliphatic heterocycles. The highest BCUT2D eigenvalue weighted by Crippen LogP contribution is 2.38. The lowest BCUT2D eigenvalue weighted by Crippen LogP contribution is -2.27. The van der Waals surface area contributed by atoms with Gasteiger partial charge >= 0.3 is 5.97 Å². The number of carbonyl (C=O) groups is 1. The highest BCUT2D eigenvalue weighted by atomic mass is 16.4. The second-order valence-corrected chi connectivity index (χ2v) is 2.99. The first-order valence-electron chi connectivity index (χ1n) is 3.55. The molecule has 0 amide bonds. The number of aliphatic carboxylic acids is 1. The van der Waals surface area contributed by atoms with Crippen molar-refractivity contribution >= 4 is 5.97 Å². The van der Waals surface area contributed by atoms with Gasteiger partial charge in [0.05, 0.1) is 0 Å². The van der Waals surface area contributed by atoms with Gasteiger partial charge in [0.1, 0.15) is 0 Å². The van der Waals surface area contributed by atoms with Crippen LogP contribution in [0.25, 0.3) is 0 Å². The van der Waals surface area contributed by atoms with Crippen LogP contribution >= 0.6 is 0 Å². The second-order valence-electron chi connectivity index (χ2n) is 2.99. The van der Waals surface area contributed by atoms with E-state index in [4.69, 9.17) is 5.11 Å². The molecule has 2 heteroatoms. The summed E-state index contributed by atoms with van der Waals surface area (Å²) in [6, 6.07) is 0. The van der Waals surface area contributed by atoms with E-state index >= 15 is 0 Å². The first kappa shape index (κ1) is 7.32. The molecule has 2 nitrogen and oxygen atoms in total. The smallest absolute Gasteiger partial charge is 0.331 e. The maximum Gasteiger partial charge on any atom is 0.331 e. The molecular formula is C8H12O2. The molecule has 1 rings (SSSR count). The molecule has 0 bridgehead atoms. The summed E-state index contributed by atoms with van der Waals surface area (Å²) in [5.41, 5.74) is 0.388. The zero-order valence-electron chi connectivity index (χ0n) is 6.13. The molecule has 1 fully saturated rings. The fourth-order valence-electron chi connectivity index (χ4n) is 1.34. The predicted octanol–water partition coefficient (Wildman–Crippen LogP) is 1.67. The first-order chi connectivity index (χ1) is 4.63. The molecule has 2 atom stereocenters. The third-order valence-electron chi connectivity index (χ3n) is 2.34. The van der Waals surface area contributed by atoms with Gasteiger partial charge in [-0.05, 0) is 24.7 Å². The van der Waals surface area contributed by atoms with Gasteiger partial charge in [0.2, 0.25) is 0 Å². The van der Waals surface area contributed by atoms with Gasteiger partial charge in [-0.15, -0.1) is 0 Å². The molecule has 0 radical (unpaired) electrons. The lowest BCUT2D eigenvalue weighted by Gasteiger charge is -2.33. The SMILES string of the molecule is C=C(C(=O)O)C1CCC1C.